The maximum Gasteiger partial charge on any atom is 0.418 e. The molecule has 2 rings (SSSR count). The lowest BCUT2D eigenvalue weighted by atomic mass is 10.0. The predicted molar refractivity (Wildman–Crippen MR) is 55.4 cm³/mol. The Labute approximate surface area is 89.7 Å². The number of anilines is 1. The van der Waals surface area contributed by atoms with Gasteiger partial charge >= 0.3 is 6.18 Å². The highest BCUT2D eigenvalue weighted by Crippen LogP contribution is 2.40. The van der Waals surface area contributed by atoms with Crippen molar-refractivity contribution in [1.29, 1.82) is 0 Å². The predicted octanol–water partition coefficient (Wildman–Crippen LogP) is 2.93. The summed E-state index contributed by atoms with van der Waals surface area (Å²) < 4.78 is 38.6. The lowest BCUT2D eigenvalue weighted by Gasteiger charge is -2.16. The van der Waals surface area contributed by atoms with E-state index in [1.54, 1.807) is 0 Å². The molecule has 16 heavy (non-hydrogen) atoms. The van der Waals surface area contributed by atoms with Gasteiger partial charge in [0.05, 0.1) is 23.0 Å². The number of H-pyrrole nitrogens is 1. The fourth-order valence-corrected chi connectivity index (χ4v) is 1.85. The Morgan fingerprint density at radius 1 is 1.38 bits per heavy atom. The van der Waals surface area contributed by atoms with E-state index in [2.05, 4.69) is 15.5 Å². The third-order valence-electron chi connectivity index (χ3n) is 2.48. The summed E-state index contributed by atoms with van der Waals surface area (Å²) in [5.74, 6) is 0. The lowest BCUT2D eigenvalue weighted by Crippen LogP contribution is -2.11. The Morgan fingerprint density at radius 3 is 2.62 bits per heavy atom. The van der Waals surface area contributed by atoms with Gasteiger partial charge in [-0.25, -0.2) is 0 Å². The maximum atomic E-state index is 12.9. The van der Waals surface area contributed by atoms with Gasteiger partial charge in [0.2, 0.25) is 0 Å². The Morgan fingerprint density at radius 2 is 2.06 bits per heavy atom. The fourth-order valence-electron chi connectivity index (χ4n) is 1.85. The van der Waals surface area contributed by atoms with Gasteiger partial charge in [-0.1, -0.05) is 0 Å². The molecule has 0 amide bonds. The second-order valence-corrected chi connectivity index (χ2v) is 3.52. The molecule has 1 aromatic heterocycles. The molecule has 0 aliphatic rings. The third-order valence-corrected chi connectivity index (χ3v) is 2.48. The summed E-state index contributed by atoms with van der Waals surface area (Å²) >= 11 is 0. The van der Waals surface area contributed by atoms with Crippen molar-refractivity contribution in [2.75, 3.05) is 12.4 Å². The van der Waals surface area contributed by atoms with Gasteiger partial charge in [0.1, 0.15) is 0 Å². The second kappa shape index (κ2) is 3.40. The monoisotopic (exact) mass is 229 g/mol. The van der Waals surface area contributed by atoms with Crippen molar-refractivity contribution in [2.45, 2.75) is 13.1 Å². The van der Waals surface area contributed by atoms with E-state index in [0.29, 0.717) is 10.9 Å². The van der Waals surface area contributed by atoms with Gasteiger partial charge in [0.25, 0.3) is 0 Å². The number of rotatable bonds is 1. The summed E-state index contributed by atoms with van der Waals surface area (Å²) in [5.41, 5.74) is 0.198. The molecule has 6 heteroatoms. The number of nitrogens with zero attached hydrogens (tertiary/aromatic N) is 1. The van der Waals surface area contributed by atoms with E-state index in [0.717, 1.165) is 0 Å². The van der Waals surface area contributed by atoms with Gasteiger partial charge in [-0.2, -0.15) is 18.3 Å². The molecule has 1 heterocycles. The van der Waals surface area contributed by atoms with Crippen molar-refractivity contribution in [3.05, 3.63) is 23.4 Å². The molecule has 2 aromatic rings. The van der Waals surface area contributed by atoms with E-state index < -0.39 is 11.7 Å². The summed E-state index contributed by atoms with van der Waals surface area (Å²) in [6, 6.07) is 1.45. The number of hydrogen-bond donors (Lipinski definition) is 2. The SMILES string of the molecule is CNc1c(C(F)(F)F)c(C)cc2[nH]ncc12. The number of aryl methyl sites for hydroxylation is 1. The maximum absolute atomic E-state index is 12.9. The standard InChI is InChI=1S/C10H10F3N3/c1-5-3-7-6(4-15-16-7)9(14-2)8(5)10(11,12)13/h3-4,14H,1-2H3,(H,15,16). The zero-order valence-electron chi connectivity index (χ0n) is 8.74. The first-order valence-corrected chi connectivity index (χ1v) is 4.66. The van der Waals surface area contributed by atoms with Crippen LogP contribution < -0.4 is 5.32 Å². The van der Waals surface area contributed by atoms with Crippen LogP contribution in [0.4, 0.5) is 18.9 Å². The van der Waals surface area contributed by atoms with E-state index in [-0.39, 0.29) is 11.3 Å². The van der Waals surface area contributed by atoms with Crippen LogP contribution in [0.2, 0.25) is 0 Å². The van der Waals surface area contributed by atoms with Crippen LogP contribution in [0.1, 0.15) is 11.1 Å². The quantitative estimate of drug-likeness (QED) is 0.789. The zero-order chi connectivity index (χ0) is 11.9. The first-order valence-electron chi connectivity index (χ1n) is 4.66. The molecule has 0 saturated carbocycles. The van der Waals surface area contributed by atoms with Crippen LogP contribution in [0.3, 0.4) is 0 Å². The molecule has 0 radical (unpaired) electrons. The summed E-state index contributed by atoms with van der Waals surface area (Å²) in [6.45, 7) is 1.43. The van der Waals surface area contributed by atoms with Gasteiger partial charge in [-0.3, -0.25) is 5.10 Å². The molecule has 0 fully saturated rings. The van der Waals surface area contributed by atoms with Crippen molar-refractivity contribution < 1.29 is 13.2 Å². The Bertz CT molecular complexity index is 528. The van der Waals surface area contributed by atoms with Crippen LogP contribution in [-0.4, -0.2) is 17.2 Å². The Hall–Kier alpha value is -1.72. The number of aromatic nitrogens is 2. The molecule has 86 valence electrons. The first-order chi connectivity index (χ1) is 7.45. The molecule has 2 N–H and O–H groups in total. The van der Waals surface area contributed by atoms with Gasteiger partial charge in [0.15, 0.2) is 0 Å². The van der Waals surface area contributed by atoms with Crippen LogP contribution in [0.25, 0.3) is 10.9 Å². The minimum absolute atomic E-state index is 0.0660. The highest BCUT2D eigenvalue weighted by molar-refractivity contribution is 5.94. The smallest absolute Gasteiger partial charge is 0.387 e. The number of halogens is 3. The first kappa shape index (κ1) is 10.8. The molecular weight excluding hydrogens is 219 g/mol. The molecule has 0 atom stereocenters. The van der Waals surface area contributed by atoms with Crippen molar-refractivity contribution in [2.24, 2.45) is 0 Å². The van der Waals surface area contributed by atoms with E-state index in [4.69, 9.17) is 0 Å². The Kier molecular flexibility index (Phi) is 2.29. The molecule has 0 saturated heterocycles. The fraction of sp³-hybridized carbons (Fsp3) is 0.300. The topological polar surface area (TPSA) is 40.7 Å². The molecule has 0 spiro atoms. The number of alkyl halides is 3. The minimum Gasteiger partial charge on any atom is -0.387 e. The number of benzene rings is 1. The average molecular weight is 229 g/mol. The average Bonchev–Trinajstić information content (AvgIpc) is 2.60. The van der Waals surface area contributed by atoms with Gasteiger partial charge in [-0.15, -0.1) is 0 Å². The van der Waals surface area contributed by atoms with Crippen LogP contribution in [-0.2, 0) is 6.18 Å². The molecule has 0 unspecified atom stereocenters. The van der Waals surface area contributed by atoms with E-state index in [1.165, 1.54) is 26.2 Å². The molecular formula is C10H10F3N3. The molecule has 0 aliphatic heterocycles. The molecule has 0 aliphatic carbocycles. The highest BCUT2D eigenvalue weighted by atomic mass is 19.4. The summed E-state index contributed by atoms with van der Waals surface area (Å²) in [7, 11) is 1.47. The zero-order valence-corrected chi connectivity index (χ0v) is 8.74. The van der Waals surface area contributed by atoms with E-state index >= 15 is 0 Å². The van der Waals surface area contributed by atoms with Gasteiger partial charge < -0.3 is 5.32 Å². The van der Waals surface area contributed by atoms with E-state index in [1.807, 2.05) is 0 Å². The normalized spacial score (nSPS) is 12.1. The minimum atomic E-state index is -4.37. The Balaban J connectivity index is 2.85. The van der Waals surface area contributed by atoms with Crippen molar-refractivity contribution in [3.8, 4) is 0 Å². The second-order valence-electron chi connectivity index (χ2n) is 3.52. The summed E-state index contributed by atoms with van der Waals surface area (Å²) in [5, 5.41) is 9.44. The summed E-state index contributed by atoms with van der Waals surface area (Å²) in [6.07, 6.45) is -2.98. The summed E-state index contributed by atoms with van der Waals surface area (Å²) in [4.78, 5) is 0. The van der Waals surface area contributed by atoms with Crippen LogP contribution in [0.15, 0.2) is 12.3 Å². The number of aromatic amines is 1. The van der Waals surface area contributed by atoms with E-state index in [9.17, 15) is 13.2 Å². The number of fused-ring (bicyclic) bond motifs is 1. The van der Waals surface area contributed by atoms with Gasteiger partial charge in [0, 0.05) is 12.4 Å². The molecule has 1 aromatic carbocycles. The largest absolute Gasteiger partial charge is 0.418 e. The van der Waals surface area contributed by atoms with Crippen molar-refractivity contribution >= 4 is 16.6 Å². The van der Waals surface area contributed by atoms with Crippen molar-refractivity contribution in [1.82, 2.24) is 10.2 Å². The number of nitrogens with one attached hydrogen (secondary N) is 2. The molecule has 3 nitrogen and oxygen atoms in total. The molecule has 0 bridgehead atoms. The van der Waals surface area contributed by atoms with Gasteiger partial charge in [-0.05, 0) is 18.6 Å². The highest BCUT2D eigenvalue weighted by Gasteiger charge is 2.36. The van der Waals surface area contributed by atoms with Crippen LogP contribution >= 0.6 is 0 Å². The lowest BCUT2D eigenvalue weighted by molar-refractivity contribution is -0.137. The third kappa shape index (κ3) is 1.50. The van der Waals surface area contributed by atoms with Crippen LogP contribution in [0.5, 0.6) is 0 Å². The number of hydrogen-bond acceptors (Lipinski definition) is 2. The van der Waals surface area contributed by atoms with Crippen LogP contribution in [0, 0.1) is 6.92 Å². The van der Waals surface area contributed by atoms with Crippen molar-refractivity contribution in [3.63, 3.8) is 0 Å².